The van der Waals surface area contributed by atoms with E-state index in [0.29, 0.717) is 27.5 Å². The summed E-state index contributed by atoms with van der Waals surface area (Å²) in [5.74, 6) is -0.892. The van der Waals surface area contributed by atoms with Crippen molar-refractivity contribution in [1.29, 1.82) is 0 Å². The number of esters is 1. The lowest BCUT2D eigenvalue weighted by Gasteiger charge is -2.10. The molecule has 0 bridgehead atoms. The van der Waals surface area contributed by atoms with Gasteiger partial charge in [-0.1, -0.05) is 27.5 Å². The van der Waals surface area contributed by atoms with Gasteiger partial charge in [0.15, 0.2) is 11.5 Å². The molecule has 0 fully saturated rings. The van der Waals surface area contributed by atoms with Gasteiger partial charge in [0.05, 0.1) is 25.4 Å². The van der Waals surface area contributed by atoms with Crippen LogP contribution in [0, 0.1) is 0 Å². The normalized spacial score (nSPS) is 10.6. The molecule has 2 amide bonds. The van der Waals surface area contributed by atoms with Crippen LogP contribution in [0.4, 0.5) is 0 Å². The first-order valence-electron chi connectivity index (χ1n) is 9.87. The minimum atomic E-state index is -0.528. The van der Waals surface area contributed by atoms with Crippen LogP contribution in [0.3, 0.4) is 0 Å². The van der Waals surface area contributed by atoms with Crippen molar-refractivity contribution in [2.24, 2.45) is 5.10 Å². The maximum atomic E-state index is 12.3. The van der Waals surface area contributed by atoms with Gasteiger partial charge >= 0.3 is 5.97 Å². The molecule has 0 saturated heterocycles. The molecule has 3 aromatic carbocycles. The van der Waals surface area contributed by atoms with Crippen molar-refractivity contribution in [1.82, 2.24) is 10.7 Å². The van der Waals surface area contributed by atoms with Gasteiger partial charge in [-0.25, -0.2) is 10.2 Å². The zero-order chi connectivity index (χ0) is 24.5. The zero-order valence-corrected chi connectivity index (χ0v) is 20.2. The van der Waals surface area contributed by atoms with E-state index < -0.39 is 17.8 Å². The van der Waals surface area contributed by atoms with Gasteiger partial charge in [-0.3, -0.25) is 9.59 Å². The van der Waals surface area contributed by atoms with E-state index in [2.05, 4.69) is 31.8 Å². The molecule has 34 heavy (non-hydrogen) atoms. The number of nitrogens with zero attached hydrogens (tertiary/aromatic N) is 1. The van der Waals surface area contributed by atoms with Crippen molar-refractivity contribution in [3.05, 3.63) is 92.9 Å². The number of amides is 2. The number of ether oxygens (including phenoxy) is 2. The molecule has 3 rings (SSSR count). The second kappa shape index (κ2) is 12.0. The Kier molecular flexibility index (Phi) is 8.78. The van der Waals surface area contributed by atoms with Crippen LogP contribution in [0.1, 0.15) is 26.3 Å². The number of hydrogen-bond acceptors (Lipinski definition) is 6. The smallest absolute Gasteiger partial charge is 0.343 e. The van der Waals surface area contributed by atoms with Crippen LogP contribution in [0.15, 0.2) is 76.3 Å². The number of hydrazone groups is 1. The summed E-state index contributed by atoms with van der Waals surface area (Å²) < 4.78 is 11.6. The standard InChI is InChI=1S/C24H19BrClN3O5/c1-33-21-12-15(2-11-20(21)34-24(32)17-3-7-18(25)8-4-17)13-28-29-22(30)14-27-23(31)16-5-9-19(26)10-6-16/h2-13H,14H2,1H3,(H,27,31)(H,29,30)/b28-13+. The summed E-state index contributed by atoms with van der Waals surface area (Å²) in [6.07, 6.45) is 1.39. The van der Waals surface area contributed by atoms with Crippen LogP contribution in [0.25, 0.3) is 0 Å². The number of rotatable bonds is 8. The second-order valence-corrected chi connectivity index (χ2v) is 8.14. The highest BCUT2D eigenvalue weighted by molar-refractivity contribution is 9.10. The quantitative estimate of drug-likeness (QED) is 0.191. The van der Waals surface area contributed by atoms with Gasteiger partial charge in [0, 0.05) is 15.1 Å². The van der Waals surface area contributed by atoms with Gasteiger partial charge < -0.3 is 14.8 Å². The maximum Gasteiger partial charge on any atom is 0.343 e. The molecule has 0 atom stereocenters. The number of nitrogens with one attached hydrogen (secondary N) is 2. The summed E-state index contributed by atoms with van der Waals surface area (Å²) >= 11 is 9.10. The molecule has 0 aliphatic carbocycles. The van der Waals surface area contributed by atoms with Crippen molar-refractivity contribution in [3.8, 4) is 11.5 Å². The van der Waals surface area contributed by atoms with Gasteiger partial charge in [0.2, 0.25) is 0 Å². The summed E-state index contributed by atoms with van der Waals surface area (Å²) in [5.41, 5.74) is 3.68. The maximum absolute atomic E-state index is 12.3. The molecule has 0 heterocycles. The van der Waals surface area contributed by atoms with Gasteiger partial charge in [-0.15, -0.1) is 0 Å². The summed E-state index contributed by atoms with van der Waals surface area (Å²) in [5, 5.41) is 6.86. The molecule has 0 aromatic heterocycles. The van der Waals surface area contributed by atoms with Gasteiger partial charge in [0.25, 0.3) is 11.8 Å². The molecule has 10 heteroatoms. The fourth-order valence-corrected chi connectivity index (χ4v) is 3.07. The Morgan fingerprint density at radius 3 is 2.32 bits per heavy atom. The monoisotopic (exact) mass is 543 g/mol. The lowest BCUT2D eigenvalue weighted by Crippen LogP contribution is -2.34. The van der Waals surface area contributed by atoms with Crippen molar-refractivity contribution in [2.45, 2.75) is 0 Å². The summed E-state index contributed by atoms with van der Waals surface area (Å²) in [7, 11) is 1.44. The van der Waals surface area contributed by atoms with Crippen LogP contribution in [0.5, 0.6) is 11.5 Å². The number of carbonyl (C=O) groups is 3. The average Bonchev–Trinajstić information content (AvgIpc) is 2.84. The molecular formula is C24H19BrClN3O5. The summed E-state index contributed by atoms with van der Waals surface area (Å²) in [4.78, 5) is 36.3. The Morgan fingerprint density at radius 2 is 1.65 bits per heavy atom. The van der Waals surface area contributed by atoms with E-state index in [9.17, 15) is 14.4 Å². The average molecular weight is 545 g/mol. The number of benzene rings is 3. The molecule has 2 N–H and O–H groups in total. The topological polar surface area (TPSA) is 106 Å². The molecular weight excluding hydrogens is 526 g/mol. The first-order valence-corrected chi connectivity index (χ1v) is 11.0. The van der Waals surface area contributed by atoms with E-state index in [1.54, 1.807) is 66.7 Å². The van der Waals surface area contributed by atoms with Crippen LogP contribution >= 0.6 is 27.5 Å². The second-order valence-electron chi connectivity index (χ2n) is 6.79. The first kappa shape index (κ1) is 24.9. The van der Waals surface area contributed by atoms with Crippen molar-refractivity contribution in [3.63, 3.8) is 0 Å². The van der Waals surface area contributed by atoms with E-state index in [0.717, 1.165) is 4.47 Å². The molecule has 0 aliphatic rings. The Bertz CT molecular complexity index is 1210. The van der Waals surface area contributed by atoms with Gasteiger partial charge in [-0.2, -0.15) is 5.10 Å². The Hall–Kier alpha value is -3.69. The van der Waals surface area contributed by atoms with Crippen molar-refractivity contribution < 1.29 is 23.9 Å². The van der Waals surface area contributed by atoms with Crippen LogP contribution in [0.2, 0.25) is 5.02 Å². The van der Waals surface area contributed by atoms with Crippen LogP contribution < -0.4 is 20.2 Å². The van der Waals surface area contributed by atoms with Crippen molar-refractivity contribution >= 4 is 51.5 Å². The van der Waals surface area contributed by atoms with Crippen molar-refractivity contribution in [2.75, 3.05) is 13.7 Å². The minimum Gasteiger partial charge on any atom is -0.493 e. The Balaban J connectivity index is 1.53. The van der Waals surface area contributed by atoms with Gasteiger partial charge in [-0.05, 0) is 72.3 Å². The van der Waals surface area contributed by atoms with E-state index in [-0.39, 0.29) is 12.3 Å². The molecule has 3 aromatic rings. The third-order valence-electron chi connectivity index (χ3n) is 4.39. The molecule has 174 valence electrons. The first-order chi connectivity index (χ1) is 16.4. The van der Waals surface area contributed by atoms with E-state index in [4.69, 9.17) is 21.1 Å². The Morgan fingerprint density at radius 1 is 0.971 bits per heavy atom. The number of carbonyl (C=O) groups excluding carboxylic acids is 3. The summed E-state index contributed by atoms with van der Waals surface area (Å²) in [6, 6.07) is 17.8. The van der Waals surface area contributed by atoms with Crippen LogP contribution in [-0.4, -0.2) is 37.7 Å². The third-order valence-corrected chi connectivity index (χ3v) is 5.17. The molecule has 0 unspecified atom stereocenters. The Labute approximate surface area is 209 Å². The third kappa shape index (κ3) is 7.16. The molecule has 8 nitrogen and oxygen atoms in total. The lowest BCUT2D eigenvalue weighted by atomic mass is 10.2. The predicted octanol–water partition coefficient (Wildman–Crippen LogP) is 4.21. The fraction of sp³-hybridized carbons (Fsp3) is 0.0833. The van der Waals surface area contributed by atoms with E-state index in [1.165, 1.54) is 13.3 Å². The number of hydrogen-bond donors (Lipinski definition) is 2. The predicted molar refractivity (Wildman–Crippen MR) is 132 cm³/mol. The highest BCUT2D eigenvalue weighted by Gasteiger charge is 2.13. The molecule has 0 radical (unpaired) electrons. The molecule has 0 aliphatic heterocycles. The van der Waals surface area contributed by atoms with E-state index in [1.807, 2.05) is 0 Å². The van der Waals surface area contributed by atoms with Crippen LogP contribution in [-0.2, 0) is 4.79 Å². The number of halogens is 2. The zero-order valence-electron chi connectivity index (χ0n) is 17.9. The highest BCUT2D eigenvalue weighted by atomic mass is 79.9. The summed E-state index contributed by atoms with van der Waals surface area (Å²) in [6.45, 7) is -0.257. The SMILES string of the molecule is COc1cc(/C=N/NC(=O)CNC(=O)c2ccc(Cl)cc2)ccc1OC(=O)c1ccc(Br)cc1. The molecule has 0 spiro atoms. The highest BCUT2D eigenvalue weighted by Crippen LogP contribution is 2.28. The molecule has 0 saturated carbocycles. The minimum absolute atomic E-state index is 0.238. The number of methoxy groups -OCH3 is 1. The van der Waals surface area contributed by atoms with E-state index >= 15 is 0 Å². The largest absolute Gasteiger partial charge is 0.493 e. The van der Waals surface area contributed by atoms with Gasteiger partial charge in [0.1, 0.15) is 0 Å². The fourth-order valence-electron chi connectivity index (χ4n) is 2.68. The lowest BCUT2D eigenvalue weighted by molar-refractivity contribution is -0.120.